The molecule has 1 atom stereocenters. The molecule has 3 heteroatoms. The van der Waals surface area contributed by atoms with E-state index < -0.39 is 0 Å². The molecule has 0 spiro atoms. The summed E-state index contributed by atoms with van der Waals surface area (Å²) in [5.41, 5.74) is 1.24. The third-order valence-corrected chi connectivity index (χ3v) is 2.77. The molecular weight excluding hydrogens is 156 g/mol. The van der Waals surface area contributed by atoms with E-state index >= 15 is 0 Å². The molecule has 0 radical (unpaired) electrons. The van der Waals surface area contributed by atoms with Crippen molar-refractivity contribution in [1.82, 2.24) is 9.80 Å². The number of nitrogens with zero attached hydrogens (tertiary/aromatic N) is 2. The molecular formula is C8H14N2S. The lowest BCUT2D eigenvalue weighted by Crippen LogP contribution is -2.45. The second-order valence-corrected chi connectivity index (χ2v) is 3.37. The summed E-state index contributed by atoms with van der Waals surface area (Å²) in [4.78, 5) is 4.11. The molecule has 1 aliphatic heterocycles. The summed E-state index contributed by atoms with van der Waals surface area (Å²) in [5, 5.41) is 0.900. The number of rotatable bonds is 0. The highest BCUT2D eigenvalue weighted by molar-refractivity contribution is 7.80. The Morgan fingerprint density at radius 3 is 2.55 bits per heavy atom. The lowest BCUT2D eigenvalue weighted by Gasteiger charge is -2.36. The summed E-state index contributed by atoms with van der Waals surface area (Å²) in [6, 6.07) is 0.429. The van der Waals surface area contributed by atoms with E-state index in [0.717, 1.165) is 5.11 Å². The molecule has 1 aliphatic rings. The first-order valence-electron chi connectivity index (χ1n) is 3.73. The zero-order valence-corrected chi connectivity index (χ0v) is 8.27. The lowest BCUT2D eigenvalue weighted by molar-refractivity contribution is 0.374. The quantitative estimate of drug-likeness (QED) is 0.508. The standard InChI is InChI=1S/C8H14N2S/c1-6-5-7(2)10(4)8(11)9(6)3/h5-6H,1-4H3. The van der Waals surface area contributed by atoms with Gasteiger partial charge in [-0.2, -0.15) is 0 Å². The Labute approximate surface area is 73.5 Å². The molecule has 0 aromatic rings. The largest absolute Gasteiger partial charge is 0.346 e. The van der Waals surface area contributed by atoms with Crippen molar-refractivity contribution >= 4 is 17.3 Å². The van der Waals surface area contributed by atoms with Crippen molar-refractivity contribution in [2.45, 2.75) is 19.9 Å². The number of allylic oxidation sites excluding steroid dienone is 1. The van der Waals surface area contributed by atoms with E-state index in [1.165, 1.54) is 5.70 Å². The Kier molecular flexibility index (Phi) is 2.18. The van der Waals surface area contributed by atoms with Crippen LogP contribution in [0.25, 0.3) is 0 Å². The lowest BCUT2D eigenvalue weighted by atomic mass is 10.2. The van der Waals surface area contributed by atoms with Crippen molar-refractivity contribution in [1.29, 1.82) is 0 Å². The molecule has 1 heterocycles. The predicted molar refractivity (Wildman–Crippen MR) is 51.3 cm³/mol. The maximum absolute atomic E-state index is 5.22. The Bertz CT molecular complexity index is 210. The van der Waals surface area contributed by atoms with Crippen molar-refractivity contribution in [3.8, 4) is 0 Å². The molecule has 0 saturated heterocycles. The molecule has 62 valence electrons. The molecule has 2 nitrogen and oxygen atoms in total. The van der Waals surface area contributed by atoms with E-state index in [9.17, 15) is 0 Å². The fourth-order valence-corrected chi connectivity index (χ4v) is 1.44. The second-order valence-electron chi connectivity index (χ2n) is 3.00. The van der Waals surface area contributed by atoms with E-state index in [1.807, 2.05) is 19.0 Å². The predicted octanol–water partition coefficient (Wildman–Crippen LogP) is 1.44. The van der Waals surface area contributed by atoms with Crippen LogP contribution in [0.5, 0.6) is 0 Å². The van der Waals surface area contributed by atoms with Gasteiger partial charge in [-0.25, -0.2) is 0 Å². The van der Waals surface area contributed by atoms with Crippen molar-refractivity contribution in [3.63, 3.8) is 0 Å². The normalized spacial score (nSPS) is 25.6. The first-order chi connectivity index (χ1) is 5.04. The molecule has 0 aromatic heterocycles. The van der Waals surface area contributed by atoms with Gasteiger partial charge >= 0.3 is 0 Å². The summed E-state index contributed by atoms with van der Waals surface area (Å²) in [6.07, 6.45) is 2.20. The van der Waals surface area contributed by atoms with Crippen LogP contribution in [0.15, 0.2) is 11.8 Å². The van der Waals surface area contributed by atoms with Crippen LogP contribution in [-0.2, 0) is 0 Å². The molecule has 0 amide bonds. The molecule has 1 rings (SSSR count). The summed E-state index contributed by atoms with van der Waals surface area (Å²) in [5.74, 6) is 0. The van der Waals surface area contributed by atoms with E-state index in [4.69, 9.17) is 12.2 Å². The fraction of sp³-hybridized carbons (Fsp3) is 0.625. The van der Waals surface area contributed by atoms with Gasteiger partial charge in [0.1, 0.15) is 0 Å². The minimum Gasteiger partial charge on any atom is -0.346 e. The third kappa shape index (κ3) is 1.38. The van der Waals surface area contributed by atoms with Crippen LogP contribution in [0, 0.1) is 0 Å². The van der Waals surface area contributed by atoms with Crippen LogP contribution in [0.2, 0.25) is 0 Å². The Balaban J connectivity index is 2.92. The van der Waals surface area contributed by atoms with Gasteiger partial charge in [-0.1, -0.05) is 0 Å². The number of thiocarbonyl (C=S) groups is 1. The molecule has 0 fully saturated rings. The average molecular weight is 170 g/mol. The first kappa shape index (κ1) is 8.53. The van der Waals surface area contributed by atoms with Crippen molar-refractivity contribution in [2.75, 3.05) is 14.1 Å². The minimum atomic E-state index is 0.429. The highest BCUT2D eigenvalue weighted by Gasteiger charge is 2.20. The van der Waals surface area contributed by atoms with Crippen LogP contribution in [0.3, 0.4) is 0 Å². The molecule has 1 unspecified atom stereocenters. The topological polar surface area (TPSA) is 6.48 Å². The molecule has 0 aliphatic carbocycles. The van der Waals surface area contributed by atoms with Crippen molar-refractivity contribution in [3.05, 3.63) is 11.8 Å². The Hall–Kier alpha value is -0.570. The van der Waals surface area contributed by atoms with Crippen LogP contribution in [-0.4, -0.2) is 35.0 Å². The highest BCUT2D eigenvalue weighted by Crippen LogP contribution is 2.15. The molecule has 11 heavy (non-hydrogen) atoms. The Morgan fingerprint density at radius 1 is 1.45 bits per heavy atom. The van der Waals surface area contributed by atoms with Crippen LogP contribution < -0.4 is 0 Å². The summed E-state index contributed by atoms with van der Waals surface area (Å²) >= 11 is 5.22. The zero-order chi connectivity index (χ0) is 8.59. The van der Waals surface area contributed by atoms with Gasteiger partial charge in [0.25, 0.3) is 0 Å². The van der Waals surface area contributed by atoms with E-state index in [0.29, 0.717) is 6.04 Å². The minimum absolute atomic E-state index is 0.429. The second kappa shape index (κ2) is 2.81. The first-order valence-corrected chi connectivity index (χ1v) is 4.14. The van der Waals surface area contributed by atoms with Crippen molar-refractivity contribution in [2.24, 2.45) is 0 Å². The van der Waals surface area contributed by atoms with Gasteiger partial charge in [0, 0.05) is 25.8 Å². The number of hydrogen-bond acceptors (Lipinski definition) is 1. The maximum Gasteiger partial charge on any atom is 0.175 e. The highest BCUT2D eigenvalue weighted by atomic mass is 32.1. The number of likely N-dealkylation sites (N-methyl/N-ethyl adjacent to an activating group) is 1. The van der Waals surface area contributed by atoms with E-state index in [-0.39, 0.29) is 0 Å². The average Bonchev–Trinajstić information content (AvgIpc) is 1.97. The number of hydrogen-bond donors (Lipinski definition) is 0. The summed E-state index contributed by atoms with van der Waals surface area (Å²) < 4.78 is 0. The zero-order valence-electron chi connectivity index (χ0n) is 7.46. The van der Waals surface area contributed by atoms with Crippen LogP contribution in [0.4, 0.5) is 0 Å². The van der Waals surface area contributed by atoms with Gasteiger partial charge in [0.05, 0.1) is 0 Å². The monoisotopic (exact) mass is 170 g/mol. The molecule has 0 aromatic carbocycles. The third-order valence-electron chi connectivity index (χ3n) is 2.21. The van der Waals surface area contributed by atoms with Gasteiger partial charge < -0.3 is 9.80 Å². The summed E-state index contributed by atoms with van der Waals surface area (Å²) in [7, 11) is 4.02. The van der Waals surface area contributed by atoms with Gasteiger partial charge in [-0.3, -0.25) is 0 Å². The van der Waals surface area contributed by atoms with Gasteiger partial charge in [0.2, 0.25) is 0 Å². The van der Waals surface area contributed by atoms with Crippen LogP contribution in [0.1, 0.15) is 13.8 Å². The molecule has 0 N–H and O–H groups in total. The van der Waals surface area contributed by atoms with Crippen molar-refractivity contribution < 1.29 is 0 Å². The molecule has 0 saturated carbocycles. The Morgan fingerprint density at radius 2 is 2.00 bits per heavy atom. The van der Waals surface area contributed by atoms with E-state index in [2.05, 4.69) is 24.8 Å². The fourth-order valence-electron chi connectivity index (χ4n) is 1.13. The van der Waals surface area contributed by atoms with Gasteiger partial charge in [-0.05, 0) is 32.1 Å². The molecule has 0 bridgehead atoms. The maximum atomic E-state index is 5.22. The summed E-state index contributed by atoms with van der Waals surface area (Å²) in [6.45, 7) is 4.22. The smallest absolute Gasteiger partial charge is 0.175 e. The van der Waals surface area contributed by atoms with Gasteiger partial charge in [0.15, 0.2) is 5.11 Å². The van der Waals surface area contributed by atoms with Gasteiger partial charge in [-0.15, -0.1) is 0 Å². The SMILES string of the molecule is CC1=CC(C)N(C)C(=S)N1C. The van der Waals surface area contributed by atoms with E-state index in [1.54, 1.807) is 0 Å². The van der Waals surface area contributed by atoms with Crippen LogP contribution >= 0.6 is 12.2 Å².